The fraction of sp³-hybridized carbons (Fsp3) is 0.250. The summed E-state index contributed by atoms with van der Waals surface area (Å²) in [5.41, 5.74) is 0.872. The van der Waals surface area contributed by atoms with Crippen LogP contribution in [-0.2, 0) is 5.54 Å². The van der Waals surface area contributed by atoms with Crippen LogP contribution in [0.25, 0.3) is 11.1 Å². The number of nitrogens with one attached hydrogen (secondary N) is 1. The first-order chi connectivity index (χ1) is 17.2. The number of benzene rings is 1. The average Bonchev–Trinajstić information content (AvgIpc) is 3.42. The van der Waals surface area contributed by atoms with Crippen LogP contribution in [0.15, 0.2) is 53.8 Å². The molecular weight excluding hydrogens is 495 g/mol. The van der Waals surface area contributed by atoms with Crippen LogP contribution in [0.5, 0.6) is 11.5 Å². The maximum atomic E-state index is 14.5. The highest BCUT2D eigenvalue weighted by Crippen LogP contribution is 2.54. The van der Waals surface area contributed by atoms with E-state index in [0.717, 1.165) is 0 Å². The molecule has 1 aromatic carbocycles. The molecule has 2 aromatic heterocycles. The van der Waals surface area contributed by atoms with Gasteiger partial charge >= 0.3 is 6.09 Å². The second kappa shape index (κ2) is 8.12. The Kier molecular flexibility index (Phi) is 5.11. The zero-order chi connectivity index (χ0) is 25.1. The molecule has 0 saturated carbocycles. The zero-order valence-electron chi connectivity index (χ0n) is 18.5. The lowest BCUT2D eigenvalue weighted by molar-refractivity contribution is 0.0256. The molecule has 1 fully saturated rings. The molecule has 3 aliphatic heterocycles. The van der Waals surface area contributed by atoms with Gasteiger partial charge in [0, 0.05) is 41.6 Å². The van der Waals surface area contributed by atoms with Crippen LogP contribution < -0.4 is 15.0 Å². The normalized spacial score (nSPS) is 21.5. The monoisotopic (exact) mass is 513 g/mol. The molecule has 12 heteroatoms. The maximum Gasteiger partial charge on any atom is 0.410 e. The van der Waals surface area contributed by atoms with Crippen molar-refractivity contribution in [1.82, 2.24) is 15.3 Å². The van der Waals surface area contributed by atoms with Gasteiger partial charge < -0.3 is 14.7 Å². The molecule has 0 bridgehead atoms. The summed E-state index contributed by atoms with van der Waals surface area (Å²) in [7, 11) is 0. The lowest BCUT2D eigenvalue weighted by Crippen LogP contribution is -2.32. The van der Waals surface area contributed by atoms with E-state index in [1.54, 1.807) is 36.4 Å². The molecule has 1 spiro atoms. The van der Waals surface area contributed by atoms with Gasteiger partial charge in [-0.1, -0.05) is 17.8 Å². The Labute approximate surface area is 207 Å². The SMILES string of the molecule is O=C(O)NC1=NC2(CS1)c1cc(-c3cccnc3F)ccc1Oc1cnc(N3CCC(F)(F)C3)cc12. The number of hydrogen-bond acceptors (Lipinski definition) is 7. The van der Waals surface area contributed by atoms with Crippen molar-refractivity contribution in [3.05, 3.63) is 65.9 Å². The fourth-order valence-corrected chi connectivity index (χ4v) is 5.86. The van der Waals surface area contributed by atoms with Crippen LogP contribution in [0, 0.1) is 5.95 Å². The minimum atomic E-state index is -2.80. The van der Waals surface area contributed by atoms with Gasteiger partial charge in [-0.25, -0.2) is 28.5 Å². The minimum Gasteiger partial charge on any atom is -0.465 e. The predicted octanol–water partition coefficient (Wildman–Crippen LogP) is 4.85. The quantitative estimate of drug-likeness (QED) is 0.473. The number of hydrogen-bond donors (Lipinski definition) is 2. The number of aromatic nitrogens is 2. The van der Waals surface area contributed by atoms with Crippen LogP contribution in [-0.4, -0.2) is 51.1 Å². The van der Waals surface area contributed by atoms with Crippen molar-refractivity contribution in [2.24, 2.45) is 4.99 Å². The molecular formula is C24H18F3N5O3S. The Morgan fingerprint density at radius 2 is 2.00 bits per heavy atom. The summed E-state index contributed by atoms with van der Waals surface area (Å²) in [4.78, 5) is 25.7. The third kappa shape index (κ3) is 3.72. The minimum absolute atomic E-state index is 0.150. The first kappa shape index (κ1) is 22.7. The van der Waals surface area contributed by atoms with E-state index in [9.17, 15) is 23.1 Å². The topological polar surface area (TPSA) is 99.9 Å². The van der Waals surface area contributed by atoms with E-state index < -0.39 is 30.0 Å². The molecule has 3 aromatic rings. The van der Waals surface area contributed by atoms with Gasteiger partial charge in [-0.2, -0.15) is 4.39 Å². The van der Waals surface area contributed by atoms with E-state index in [-0.39, 0.29) is 23.7 Å². The Balaban J connectivity index is 1.51. The highest BCUT2D eigenvalue weighted by atomic mass is 32.2. The molecule has 1 saturated heterocycles. The standard InChI is InChI=1S/C24H18F3N5O3S/c25-20-14(2-1-6-28-20)13-3-4-17-15(8-13)24(12-36-21(31-24)30-22(33)34)16-9-19(29-10-18(16)35-17)32-7-5-23(26,27)11-32/h1-4,6,8-10H,5,7,11-12H2,(H,30,31)(H,33,34). The number of pyridine rings is 2. The summed E-state index contributed by atoms with van der Waals surface area (Å²) in [5.74, 6) is -1.93. The second-order valence-electron chi connectivity index (χ2n) is 8.72. The third-order valence-electron chi connectivity index (χ3n) is 6.43. The lowest BCUT2D eigenvalue weighted by atomic mass is 9.81. The zero-order valence-corrected chi connectivity index (χ0v) is 19.4. The molecule has 0 radical (unpaired) electrons. The van der Waals surface area contributed by atoms with Crippen LogP contribution in [0.3, 0.4) is 0 Å². The van der Waals surface area contributed by atoms with E-state index in [1.807, 2.05) is 0 Å². The summed E-state index contributed by atoms with van der Waals surface area (Å²) in [6.07, 6.45) is 1.31. The molecule has 184 valence electrons. The number of carbonyl (C=O) groups is 1. The summed E-state index contributed by atoms with van der Waals surface area (Å²) < 4.78 is 48.4. The second-order valence-corrected chi connectivity index (χ2v) is 9.68. The highest BCUT2D eigenvalue weighted by molar-refractivity contribution is 8.14. The summed E-state index contributed by atoms with van der Waals surface area (Å²) in [6.45, 7) is -0.297. The molecule has 8 nitrogen and oxygen atoms in total. The number of halogens is 3. The van der Waals surface area contributed by atoms with Crippen molar-refractivity contribution in [2.45, 2.75) is 17.9 Å². The molecule has 1 atom stereocenters. The van der Waals surface area contributed by atoms with Crippen molar-refractivity contribution in [3.8, 4) is 22.6 Å². The van der Waals surface area contributed by atoms with Gasteiger partial charge in [0.15, 0.2) is 10.9 Å². The number of fused-ring (bicyclic) bond motifs is 4. The number of thioether (sulfide) groups is 1. The van der Waals surface area contributed by atoms with Crippen molar-refractivity contribution < 1.29 is 27.8 Å². The van der Waals surface area contributed by atoms with E-state index in [4.69, 9.17) is 9.73 Å². The Morgan fingerprint density at radius 3 is 2.75 bits per heavy atom. The van der Waals surface area contributed by atoms with Gasteiger partial charge in [-0.3, -0.25) is 5.32 Å². The van der Waals surface area contributed by atoms with Gasteiger partial charge in [-0.05, 0) is 35.9 Å². The number of rotatable bonds is 2. The molecule has 0 aliphatic carbocycles. The summed E-state index contributed by atoms with van der Waals surface area (Å²) in [6, 6.07) is 10.0. The summed E-state index contributed by atoms with van der Waals surface area (Å²) in [5, 5.41) is 11.7. The van der Waals surface area contributed by atoms with Crippen molar-refractivity contribution >= 4 is 28.8 Å². The first-order valence-electron chi connectivity index (χ1n) is 11.0. The third-order valence-corrected chi connectivity index (χ3v) is 7.46. The van der Waals surface area contributed by atoms with Crippen molar-refractivity contribution in [3.63, 3.8) is 0 Å². The van der Waals surface area contributed by atoms with Gasteiger partial charge in [0.05, 0.1) is 12.7 Å². The first-order valence-corrected chi connectivity index (χ1v) is 12.0. The molecule has 1 unspecified atom stereocenters. The maximum absolute atomic E-state index is 14.5. The van der Waals surface area contributed by atoms with Crippen molar-refractivity contribution in [2.75, 3.05) is 23.7 Å². The number of carboxylic acid groups (broad SMARTS) is 1. The molecule has 36 heavy (non-hydrogen) atoms. The number of amides is 1. The number of nitrogens with zero attached hydrogens (tertiary/aromatic N) is 4. The fourth-order valence-electron chi connectivity index (χ4n) is 4.76. The molecule has 1 amide bonds. The number of ether oxygens (including phenoxy) is 1. The molecule has 5 heterocycles. The molecule has 6 rings (SSSR count). The predicted molar refractivity (Wildman–Crippen MR) is 128 cm³/mol. The lowest BCUT2D eigenvalue weighted by Gasteiger charge is -2.35. The smallest absolute Gasteiger partial charge is 0.410 e. The number of amidine groups is 1. The number of aliphatic imine (C=N–C) groups is 1. The summed E-state index contributed by atoms with van der Waals surface area (Å²) >= 11 is 1.21. The molecule has 2 N–H and O–H groups in total. The van der Waals surface area contributed by atoms with Crippen LogP contribution in [0.2, 0.25) is 0 Å². The average molecular weight is 514 g/mol. The Bertz CT molecular complexity index is 1440. The molecule has 3 aliphatic rings. The number of anilines is 1. The van der Waals surface area contributed by atoms with Gasteiger partial charge in [0.1, 0.15) is 17.1 Å². The number of alkyl halides is 2. The van der Waals surface area contributed by atoms with E-state index in [0.29, 0.717) is 39.8 Å². The van der Waals surface area contributed by atoms with E-state index in [1.165, 1.54) is 29.1 Å². The van der Waals surface area contributed by atoms with Crippen molar-refractivity contribution in [1.29, 1.82) is 0 Å². The van der Waals surface area contributed by atoms with Crippen LogP contribution >= 0.6 is 11.8 Å². The van der Waals surface area contributed by atoms with Gasteiger partial charge in [0.2, 0.25) is 5.95 Å². The van der Waals surface area contributed by atoms with Gasteiger partial charge in [0.25, 0.3) is 5.92 Å². The van der Waals surface area contributed by atoms with E-state index in [2.05, 4.69) is 15.3 Å². The Morgan fingerprint density at radius 1 is 1.17 bits per heavy atom. The van der Waals surface area contributed by atoms with E-state index >= 15 is 0 Å². The Hall–Kier alpha value is -3.80. The largest absolute Gasteiger partial charge is 0.465 e. The highest BCUT2D eigenvalue weighted by Gasteiger charge is 2.48. The van der Waals surface area contributed by atoms with Crippen LogP contribution in [0.4, 0.5) is 23.8 Å². The van der Waals surface area contributed by atoms with Gasteiger partial charge in [-0.15, -0.1) is 0 Å². The van der Waals surface area contributed by atoms with Crippen LogP contribution in [0.1, 0.15) is 17.5 Å².